The SMILES string of the molecule is C/C=C/C=C(N=C=O)N=C=O. The molecule has 0 spiro atoms. The third-order valence-corrected chi connectivity index (χ3v) is 0.758. The fourth-order valence-corrected chi connectivity index (χ4v) is 0.375. The molecule has 0 aliphatic rings. The molecule has 0 atom stereocenters. The van der Waals surface area contributed by atoms with E-state index in [0.717, 1.165) is 0 Å². The number of hydrogen-bond donors (Lipinski definition) is 0. The quantitative estimate of drug-likeness (QED) is 0.343. The Morgan fingerprint density at radius 2 is 1.82 bits per heavy atom. The number of hydrogen-bond acceptors (Lipinski definition) is 4. The van der Waals surface area contributed by atoms with Gasteiger partial charge in [-0.25, -0.2) is 9.59 Å². The van der Waals surface area contributed by atoms with Crippen molar-refractivity contribution in [3.05, 3.63) is 24.0 Å². The van der Waals surface area contributed by atoms with Gasteiger partial charge >= 0.3 is 0 Å². The van der Waals surface area contributed by atoms with Crippen molar-refractivity contribution in [1.29, 1.82) is 0 Å². The third kappa shape index (κ3) is 4.73. The summed E-state index contributed by atoms with van der Waals surface area (Å²) in [7, 11) is 0. The van der Waals surface area contributed by atoms with Crippen LogP contribution in [0.3, 0.4) is 0 Å². The van der Waals surface area contributed by atoms with Crippen LogP contribution in [0.5, 0.6) is 0 Å². The van der Waals surface area contributed by atoms with Gasteiger partial charge in [0.25, 0.3) is 0 Å². The average molecular weight is 150 g/mol. The molecule has 0 aromatic rings. The fraction of sp³-hybridized carbons (Fsp3) is 0.143. The van der Waals surface area contributed by atoms with Gasteiger partial charge < -0.3 is 0 Å². The lowest BCUT2D eigenvalue weighted by atomic mass is 10.5. The Hall–Kier alpha value is -1.76. The number of rotatable bonds is 3. The molecule has 0 bridgehead atoms. The molecule has 0 fully saturated rings. The van der Waals surface area contributed by atoms with E-state index in [1.807, 2.05) is 0 Å². The van der Waals surface area contributed by atoms with Gasteiger partial charge in [-0.3, -0.25) is 0 Å². The molecule has 0 heterocycles. The van der Waals surface area contributed by atoms with E-state index in [9.17, 15) is 9.59 Å². The van der Waals surface area contributed by atoms with E-state index in [1.54, 1.807) is 19.1 Å². The summed E-state index contributed by atoms with van der Waals surface area (Å²) in [6, 6.07) is 0. The van der Waals surface area contributed by atoms with Gasteiger partial charge in [0.2, 0.25) is 12.2 Å². The molecule has 0 radical (unpaired) electrons. The summed E-state index contributed by atoms with van der Waals surface area (Å²) in [4.78, 5) is 25.7. The first kappa shape index (κ1) is 9.24. The van der Waals surface area contributed by atoms with E-state index in [-0.39, 0.29) is 5.82 Å². The van der Waals surface area contributed by atoms with Crippen molar-refractivity contribution in [1.82, 2.24) is 0 Å². The molecule has 0 saturated heterocycles. The second kappa shape index (κ2) is 6.36. The van der Waals surface area contributed by atoms with E-state index in [1.165, 1.54) is 18.2 Å². The van der Waals surface area contributed by atoms with Gasteiger partial charge in [0.1, 0.15) is 0 Å². The summed E-state index contributed by atoms with van der Waals surface area (Å²) in [5, 5.41) is 0. The van der Waals surface area contributed by atoms with Gasteiger partial charge in [-0.2, -0.15) is 0 Å². The van der Waals surface area contributed by atoms with Crippen LogP contribution in [0.1, 0.15) is 6.92 Å². The van der Waals surface area contributed by atoms with Crippen molar-refractivity contribution in [2.24, 2.45) is 9.98 Å². The van der Waals surface area contributed by atoms with Crippen LogP contribution in [-0.2, 0) is 9.59 Å². The minimum absolute atomic E-state index is 0.00639. The van der Waals surface area contributed by atoms with Gasteiger partial charge in [-0.15, -0.1) is 9.98 Å². The molecule has 0 amide bonds. The number of isocyanates is 2. The maximum atomic E-state index is 9.71. The summed E-state index contributed by atoms with van der Waals surface area (Å²) < 4.78 is 0. The highest BCUT2D eigenvalue weighted by atomic mass is 16.1. The van der Waals surface area contributed by atoms with Crippen molar-refractivity contribution >= 4 is 12.2 Å². The van der Waals surface area contributed by atoms with Crippen LogP contribution in [0.4, 0.5) is 0 Å². The lowest BCUT2D eigenvalue weighted by molar-refractivity contribution is 0.563. The summed E-state index contributed by atoms with van der Waals surface area (Å²) in [5.41, 5.74) is 0. The predicted molar refractivity (Wildman–Crippen MR) is 39.1 cm³/mol. The topological polar surface area (TPSA) is 58.9 Å². The van der Waals surface area contributed by atoms with Gasteiger partial charge in [-0.05, 0) is 13.0 Å². The molecule has 0 aromatic carbocycles. The Morgan fingerprint density at radius 1 is 1.27 bits per heavy atom. The summed E-state index contributed by atoms with van der Waals surface area (Å²) in [6.45, 7) is 1.78. The summed E-state index contributed by atoms with van der Waals surface area (Å²) >= 11 is 0. The second-order valence-corrected chi connectivity index (χ2v) is 1.46. The highest BCUT2D eigenvalue weighted by molar-refractivity contribution is 5.42. The smallest absolute Gasteiger partial charge is 0.211 e. The molecule has 56 valence electrons. The summed E-state index contributed by atoms with van der Waals surface area (Å²) in [5.74, 6) is -0.00639. The normalized spacial score (nSPS) is 8.09. The molecule has 4 nitrogen and oxygen atoms in total. The minimum Gasteiger partial charge on any atom is -0.211 e. The molecule has 0 aliphatic heterocycles. The van der Waals surface area contributed by atoms with Crippen LogP contribution in [0.25, 0.3) is 0 Å². The van der Waals surface area contributed by atoms with Crippen molar-refractivity contribution in [2.75, 3.05) is 0 Å². The lowest BCUT2D eigenvalue weighted by Crippen LogP contribution is -1.69. The van der Waals surface area contributed by atoms with Crippen molar-refractivity contribution in [3.63, 3.8) is 0 Å². The molecule has 4 heteroatoms. The Morgan fingerprint density at radius 3 is 2.18 bits per heavy atom. The van der Waals surface area contributed by atoms with E-state index < -0.39 is 0 Å². The van der Waals surface area contributed by atoms with E-state index in [2.05, 4.69) is 9.98 Å². The Bertz CT molecular complexity index is 246. The van der Waals surface area contributed by atoms with Gasteiger partial charge in [-0.1, -0.05) is 12.2 Å². The maximum Gasteiger partial charge on any atom is 0.242 e. The molecular formula is C7H6N2O2. The highest BCUT2D eigenvalue weighted by Gasteiger charge is 1.84. The van der Waals surface area contributed by atoms with Crippen molar-refractivity contribution < 1.29 is 9.59 Å². The van der Waals surface area contributed by atoms with Crippen LogP contribution in [0.2, 0.25) is 0 Å². The van der Waals surface area contributed by atoms with E-state index >= 15 is 0 Å². The zero-order chi connectivity index (χ0) is 8.53. The largest absolute Gasteiger partial charge is 0.242 e. The molecule has 0 rings (SSSR count). The van der Waals surface area contributed by atoms with Crippen LogP contribution >= 0.6 is 0 Å². The number of allylic oxidation sites excluding steroid dienone is 3. The number of nitrogens with zero attached hydrogens (tertiary/aromatic N) is 2. The summed E-state index contributed by atoms with van der Waals surface area (Å²) in [6.07, 6.45) is 7.23. The van der Waals surface area contributed by atoms with Crippen molar-refractivity contribution in [3.8, 4) is 0 Å². The predicted octanol–water partition coefficient (Wildman–Crippen LogP) is 1.08. The van der Waals surface area contributed by atoms with Gasteiger partial charge in [0.15, 0.2) is 5.82 Å². The Labute approximate surface area is 63.7 Å². The monoisotopic (exact) mass is 150 g/mol. The molecule has 0 N–H and O–H groups in total. The average Bonchev–Trinajstić information content (AvgIpc) is 2.01. The number of aliphatic imine (C=N–C) groups is 2. The molecule has 0 aromatic heterocycles. The Balaban J connectivity index is 4.57. The Kier molecular flexibility index (Phi) is 5.34. The molecule has 11 heavy (non-hydrogen) atoms. The first-order valence-corrected chi connectivity index (χ1v) is 2.84. The van der Waals surface area contributed by atoms with Gasteiger partial charge in [0, 0.05) is 0 Å². The maximum absolute atomic E-state index is 9.71. The van der Waals surface area contributed by atoms with Crippen LogP contribution < -0.4 is 0 Å². The number of carbonyl (C=O) groups excluding carboxylic acids is 2. The van der Waals surface area contributed by atoms with Crippen LogP contribution in [0, 0.1) is 0 Å². The molecular weight excluding hydrogens is 144 g/mol. The van der Waals surface area contributed by atoms with E-state index in [4.69, 9.17) is 0 Å². The zero-order valence-corrected chi connectivity index (χ0v) is 5.94. The first-order valence-electron chi connectivity index (χ1n) is 2.84. The highest BCUT2D eigenvalue weighted by Crippen LogP contribution is 1.95. The molecule has 0 aliphatic carbocycles. The zero-order valence-electron chi connectivity index (χ0n) is 5.94. The fourth-order valence-electron chi connectivity index (χ4n) is 0.375. The molecule has 0 saturated carbocycles. The molecule has 0 unspecified atom stereocenters. The third-order valence-electron chi connectivity index (χ3n) is 0.758. The lowest BCUT2D eigenvalue weighted by Gasteiger charge is -1.79. The standard InChI is InChI=1S/C7H6N2O2/c1-2-3-4-7(8-5-10)9-6-11/h2-4H,1H3/b3-2+. The second-order valence-electron chi connectivity index (χ2n) is 1.46. The van der Waals surface area contributed by atoms with Crippen molar-refractivity contribution in [2.45, 2.75) is 6.92 Å². The van der Waals surface area contributed by atoms with E-state index in [0.29, 0.717) is 0 Å². The van der Waals surface area contributed by atoms with Gasteiger partial charge in [0.05, 0.1) is 0 Å². The minimum atomic E-state index is -0.00639. The first-order chi connectivity index (χ1) is 5.35. The van der Waals surface area contributed by atoms with Crippen LogP contribution in [-0.4, -0.2) is 12.2 Å². The van der Waals surface area contributed by atoms with Crippen LogP contribution in [0.15, 0.2) is 34.0 Å².